The molecule has 0 amide bonds. The molecule has 1 aliphatic rings. The van der Waals surface area contributed by atoms with Crippen LogP contribution in [0.5, 0.6) is 0 Å². The molecule has 0 saturated carbocycles. The topological polar surface area (TPSA) is 78.3 Å². The van der Waals surface area contributed by atoms with Crippen molar-refractivity contribution in [1.29, 1.82) is 0 Å². The van der Waals surface area contributed by atoms with E-state index in [-0.39, 0.29) is 10.6 Å². The van der Waals surface area contributed by atoms with Crippen molar-refractivity contribution in [3.8, 4) is 0 Å². The molecule has 3 rings (SSSR count). The van der Waals surface area contributed by atoms with Gasteiger partial charge in [0, 0.05) is 30.6 Å². The Morgan fingerprint density at radius 3 is 2.71 bits per heavy atom. The van der Waals surface area contributed by atoms with E-state index < -0.39 is 0 Å². The Labute approximate surface area is 122 Å². The fourth-order valence-electron chi connectivity index (χ4n) is 2.99. The predicted octanol–water partition coefficient (Wildman–Crippen LogP) is 2.00. The average molecular weight is 289 g/mol. The molecular weight excluding hydrogens is 270 g/mol. The minimum Gasteiger partial charge on any atom is -0.366 e. The number of nitro groups is 1. The molecule has 0 aliphatic carbocycles. The SMILES string of the molecule is CN(C)C1CCN(c2cc3[nH]ncc3cc2[N+](=O)[O-])CC1. The van der Waals surface area contributed by atoms with Gasteiger partial charge in [0.15, 0.2) is 0 Å². The summed E-state index contributed by atoms with van der Waals surface area (Å²) in [5, 5.41) is 18.9. The molecule has 112 valence electrons. The van der Waals surface area contributed by atoms with E-state index in [4.69, 9.17) is 0 Å². The summed E-state index contributed by atoms with van der Waals surface area (Å²) in [5.41, 5.74) is 1.69. The van der Waals surface area contributed by atoms with Gasteiger partial charge in [-0.1, -0.05) is 0 Å². The zero-order chi connectivity index (χ0) is 15.0. The maximum absolute atomic E-state index is 11.3. The molecule has 0 atom stereocenters. The number of aromatic nitrogens is 2. The van der Waals surface area contributed by atoms with Gasteiger partial charge in [0.05, 0.1) is 16.6 Å². The first-order valence-electron chi connectivity index (χ1n) is 7.09. The number of piperidine rings is 1. The molecule has 7 nitrogen and oxygen atoms in total. The summed E-state index contributed by atoms with van der Waals surface area (Å²) in [4.78, 5) is 15.4. The summed E-state index contributed by atoms with van der Waals surface area (Å²) in [5.74, 6) is 0. The molecule has 1 saturated heterocycles. The lowest BCUT2D eigenvalue weighted by molar-refractivity contribution is -0.384. The van der Waals surface area contributed by atoms with Gasteiger partial charge in [-0.05, 0) is 33.0 Å². The van der Waals surface area contributed by atoms with Crippen LogP contribution in [0.3, 0.4) is 0 Å². The Balaban J connectivity index is 1.92. The van der Waals surface area contributed by atoms with Crippen LogP contribution in [-0.2, 0) is 0 Å². The van der Waals surface area contributed by atoms with Crippen LogP contribution in [0, 0.1) is 10.1 Å². The van der Waals surface area contributed by atoms with Crippen molar-refractivity contribution in [2.45, 2.75) is 18.9 Å². The molecular formula is C14H19N5O2. The van der Waals surface area contributed by atoms with Crippen LogP contribution in [0.1, 0.15) is 12.8 Å². The number of anilines is 1. The highest BCUT2D eigenvalue weighted by Gasteiger charge is 2.26. The highest BCUT2D eigenvalue weighted by molar-refractivity contribution is 5.87. The third-order valence-electron chi connectivity index (χ3n) is 4.27. The Kier molecular flexibility index (Phi) is 3.50. The summed E-state index contributed by atoms with van der Waals surface area (Å²) >= 11 is 0. The minimum atomic E-state index is -0.306. The van der Waals surface area contributed by atoms with Crippen LogP contribution in [0.25, 0.3) is 10.9 Å². The van der Waals surface area contributed by atoms with E-state index >= 15 is 0 Å². The Morgan fingerprint density at radius 2 is 2.10 bits per heavy atom. The molecule has 0 spiro atoms. The summed E-state index contributed by atoms with van der Waals surface area (Å²) in [6.45, 7) is 1.67. The number of fused-ring (bicyclic) bond motifs is 1. The lowest BCUT2D eigenvalue weighted by atomic mass is 10.0. The van der Waals surface area contributed by atoms with E-state index in [1.807, 2.05) is 6.07 Å². The number of hydrogen-bond acceptors (Lipinski definition) is 5. The van der Waals surface area contributed by atoms with E-state index in [0.717, 1.165) is 36.8 Å². The van der Waals surface area contributed by atoms with E-state index in [0.29, 0.717) is 11.7 Å². The molecule has 21 heavy (non-hydrogen) atoms. The van der Waals surface area contributed by atoms with Gasteiger partial charge in [-0.2, -0.15) is 5.10 Å². The fourth-order valence-corrected chi connectivity index (χ4v) is 2.99. The average Bonchev–Trinajstić information content (AvgIpc) is 2.93. The van der Waals surface area contributed by atoms with E-state index in [1.165, 1.54) is 0 Å². The van der Waals surface area contributed by atoms with Crippen molar-refractivity contribution >= 4 is 22.3 Å². The zero-order valence-corrected chi connectivity index (χ0v) is 12.2. The highest BCUT2D eigenvalue weighted by Crippen LogP contribution is 2.34. The number of benzene rings is 1. The van der Waals surface area contributed by atoms with Crippen molar-refractivity contribution in [1.82, 2.24) is 15.1 Å². The summed E-state index contributed by atoms with van der Waals surface area (Å²) in [6.07, 6.45) is 3.65. The van der Waals surface area contributed by atoms with Crippen LogP contribution < -0.4 is 4.90 Å². The van der Waals surface area contributed by atoms with Gasteiger partial charge in [0.1, 0.15) is 5.69 Å². The molecule has 0 bridgehead atoms. The maximum atomic E-state index is 11.3. The van der Waals surface area contributed by atoms with Gasteiger partial charge < -0.3 is 9.80 Å². The van der Waals surface area contributed by atoms with Crippen LogP contribution in [0.4, 0.5) is 11.4 Å². The number of hydrogen-bond donors (Lipinski definition) is 1. The molecule has 7 heteroatoms. The molecule has 1 fully saturated rings. The first-order valence-corrected chi connectivity index (χ1v) is 7.09. The van der Waals surface area contributed by atoms with Crippen molar-refractivity contribution in [2.75, 3.05) is 32.1 Å². The van der Waals surface area contributed by atoms with E-state index in [1.54, 1.807) is 12.3 Å². The van der Waals surface area contributed by atoms with Gasteiger partial charge in [0.25, 0.3) is 5.69 Å². The highest BCUT2D eigenvalue weighted by atomic mass is 16.6. The van der Waals surface area contributed by atoms with Gasteiger partial charge in [-0.25, -0.2) is 0 Å². The lowest BCUT2D eigenvalue weighted by Gasteiger charge is -2.36. The normalized spacial score (nSPS) is 16.8. The molecule has 0 radical (unpaired) electrons. The summed E-state index contributed by atoms with van der Waals surface area (Å²) in [6, 6.07) is 4.00. The Bertz CT molecular complexity index is 658. The van der Waals surface area contributed by atoms with Crippen molar-refractivity contribution in [3.63, 3.8) is 0 Å². The molecule has 1 aromatic heterocycles. The number of nitro benzene ring substituents is 1. The second-order valence-electron chi connectivity index (χ2n) is 5.74. The standard InChI is InChI=1S/C14H19N5O2/c1-17(2)11-3-5-18(6-4-11)13-8-12-10(9-15-16-12)7-14(13)19(20)21/h7-9,11H,3-6H2,1-2H3,(H,15,16). The van der Waals surface area contributed by atoms with Crippen LogP contribution >= 0.6 is 0 Å². The predicted molar refractivity (Wildman–Crippen MR) is 81.7 cm³/mol. The van der Waals surface area contributed by atoms with Crippen LogP contribution in [-0.4, -0.2) is 53.2 Å². The molecule has 2 heterocycles. The minimum absolute atomic E-state index is 0.159. The van der Waals surface area contributed by atoms with E-state index in [2.05, 4.69) is 34.1 Å². The first kappa shape index (κ1) is 13.8. The molecule has 1 aliphatic heterocycles. The molecule has 0 unspecified atom stereocenters. The molecule has 1 aromatic carbocycles. The number of nitrogens with one attached hydrogen (secondary N) is 1. The third-order valence-corrected chi connectivity index (χ3v) is 4.27. The smallest absolute Gasteiger partial charge is 0.293 e. The number of rotatable bonds is 3. The van der Waals surface area contributed by atoms with Crippen molar-refractivity contribution in [2.24, 2.45) is 0 Å². The quantitative estimate of drug-likeness (QED) is 0.690. The van der Waals surface area contributed by atoms with Crippen molar-refractivity contribution < 1.29 is 4.92 Å². The number of nitrogens with zero attached hydrogens (tertiary/aromatic N) is 4. The summed E-state index contributed by atoms with van der Waals surface area (Å²) in [7, 11) is 4.17. The Morgan fingerprint density at radius 1 is 1.38 bits per heavy atom. The van der Waals surface area contributed by atoms with Crippen LogP contribution in [0.15, 0.2) is 18.3 Å². The first-order chi connectivity index (χ1) is 10.1. The monoisotopic (exact) mass is 289 g/mol. The van der Waals surface area contributed by atoms with Crippen molar-refractivity contribution in [3.05, 3.63) is 28.4 Å². The molecule has 2 aromatic rings. The Hall–Kier alpha value is -2.15. The maximum Gasteiger partial charge on any atom is 0.293 e. The van der Waals surface area contributed by atoms with Gasteiger partial charge in [0.2, 0.25) is 0 Å². The van der Waals surface area contributed by atoms with Crippen LogP contribution in [0.2, 0.25) is 0 Å². The summed E-state index contributed by atoms with van der Waals surface area (Å²) < 4.78 is 0. The van der Waals surface area contributed by atoms with E-state index in [9.17, 15) is 10.1 Å². The fraction of sp³-hybridized carbons (Fsp3) is 0.500. The zero-order valence-electron chi connectivity index (χ0n) is 12.2. The largest absolute Gasteiger partial charge is 0.366 e. The second-order valence-corrected chi connectivity index (χ2v) is 5.74. The number of H-pyrrole nitrogens is 1. The second kappa shape index (κ2) is 5.33. The molecule has 1 N–H and O–H groups in total. The third kappa shape index (κ3) is 2.56. The number of aromatic amines is 1. The van der Waals surface area contributed by atoms with Gasteiger partial charge in [-0.15, -0.1) is 0 Å². The van der Waals surface area contributed by atoms with Gasteiger partial charge >= 0.3 is 0 Å². The lowest BCUT2D eigenvalue weighted by Crippen LogP contribution is -2.42. The van der Waals surface area contributed by atoms with Gasteiger partial charge in [-0.3, -0.25) is 15.2 Å².